The van der Waals surface area contributed by atoms with Crippen molar-refractivity contribution in [1.29, 1.82) is 0 Å². The molecule has 0 radical (unpaired) electrons. The number of phenols is 4. The third-order valence-corrected chi connectivity index (χ3v) is 3.79. The van der Waals surface area contributed by atoms with E-state index in [4.69, 9.17) is 4.74 Å². The standard InChI is InChI=1S/C20H20O8/c1-20(2,19(26)27-3)28-17-9-11(8-16(24)18(17)25)4-7-14(22)13-6-5-12(21)10-15(13)23/h4-10,21,23-25H,1-3H3/b7-4+. The summed E-state index contributed by atoms with van der Waals surface area (Å²) < 4.78 is 10.1. The minimum Gasteiger partial charge on any atom is -0.508 e. The predicted octanol–water partition coefficient (Wildman–Crippen LogP) is 2.74. The summed E-state index contributed by atoms with van der Waals surface area (Å²) in [6.07, 6.45) is 2.46. The Kier molecular flexibility index (Phi) is 5.83. The number of carbonyl (C=O) groups excluding carboxylic acids is 2. The molecular formula is C20H20O8. The fourth-order valence-electron chi connectivity index (χ4n) is 2.34. The van der Waals surface area contributed by atoms with Crippen molar-refractivity contribution in [3.05, 3.63) is 47.5 Å². The van der Waals surface area contributed by atoms with Crippen LogP contribution in [0.25, 0.3) is 6.08 Å². The van der Waals surface area contributed by atoms with Gasteiger partial charge in [-0.3, -0.25) is 4.79 Å². The average Bonchev–Trinajstić information content (AvgIpc) is 2.62. The molecule has 8 nitrogen and oxygen atoms in total. The van der Waals surface area contributed by atoms with Crippen LogP contribution in [0.15, 0.2) is 36.4 Å². The molecule has 2 rings (SSSR count). The van der Waals surface area contributed by atoms with Crippen molar-refractivity contribution < 1.29 is 39.5 Å². The Morgan fingerprint density at radius 3 is 2.29 bits per heavy atom. The lowest BCUT2D eigenvalue weighted by Crippen LogP contribution is -2.39. The van der Waals surface area contributed by atoms with Gasteiger partial charge < -0.3 is 29.9 Å². The van der Waals surface area contributed by atoms with E-state index in [0.29, 0.717) is 0 Å². The largest absolute Gasteiger partial charge is 0.508 e. The molecule has 0 bridgehead atoms. The molecule has 0 spiro atoms. The number of esters is 1. The van der Waals surface area contributed by atoms with E-state index in [1.54, 1.807) is 0 Å². The Bertz CT molecular complexity index is 943. The number of allylic oxidation sites excluding steroid dienone is 1. The van der Waals surface area contributed by atoms with Crippen LogP contribution in [-0.2, 0) is 9.53 Å². The molecule has 0 aromatic heterocycles. The van der Waals surface area contributed by atoms with Crippen LogP contribution < -0.4 is 4.74 Å². The highest BCUT2D eigenvalue weighted by atomic mass is 16.6. The number of phenolic OH excluding ortho intramolecular Hbond substituents is 4. The number of ketones is 1. The van der Waals surface area contributed by atoms with Crippen LogP contribution in [0.5, 0.6) is 28.7 Å². The van der Waals surface area contributed by atoms with Crippen LogP contribution in [0.4, 0.5) is 0 Å². The van der Waals surface area contributed by atoms with Crippen LogP contribution in [0, 0.1) is 0 Å². The van der Waals surface area contributed by atoms with E-state index in [1.807, 2.05) is 0 Å². The van der Waals surface area contributed by atoms with Gasteiger partial charge in [-0.05, 0) is 49.8 Å². The zero-order chi connectivity index (χ0) is 21.1. The zero-order valence-electron chi connectivity index (χ0n) is 15.5. The van der Waals surface area contributed by atoms with Gasteiger partial charge in [0.15, 0.2) is 22.9 Å². The molecule has 2 aromatic rings. The Morgan fingerprint density at radius 1 is 1.00 bits per heavy atom. The molecule has 8 heteroatoms. The second-order valence-corrected chi connectivity index (χ2v) is 6.39. The van der Waals surface area contributed by atoms with Crippen molar-refractivity contribution in [2.45, 2.75) is 19.4 Å². The maximum absolute atomic E-state index is 12.2. The summed E-state index contributed by atoms with van der Waals surface area (Å²) in [6.45, 7) is 2.85. The lowest BCUT2D eigenvalue weighted by atomic mass is 10.1. The van der Waals surface area contributed by atoms with Gasteiger partial charge in [0, 0.05) is 6.07 Å². The van der Waals surface area contributed by atoms with E-state index < -0.39 is 28.9 Å². The van der Waals surface area contributed by atoms with E-state index in [-0.39, 0.29) is 28.4 Å². The van der Waals surface area contributed by atoms with Gasteiger partial charge in [0.1, 0.15) is 11.5 Å². The monoisotopic (exact) mass is 388 g/mol. The smallest absolute Gasteiger partial charge is 0.349 e. The lowest BCUT2D eigenvalue weighted by molar-refractivity contribution is -0.156. The Balaban J connectivity index is 2.31. The second-order valence-electron chi connectivity index (χ2n) is 6.39. The first-order valence-electron chi connectivity index (χ1n) is 8.13. The third kappa shape index (κ3) is 4.53. The van der Waals surface area contributed by atoms with E-state index >= 15 is 0 Å². The number of carbonyl (C=O) groups is 2. The van der Waals surface area contributed by atoms with Crippen molar-refractivity contribution in [3.8, 4) is 28.7 Å². The van der Waals surface area contributed by atoms with Gasteiger partial charge in [0.05, 0.1) is 12.7 Å². The number of ether oxygens (including phenoxy) is 2. The summed E-state index contributed by atoms with van der Waals surface area (Å²) in [5.41, 5.74) is -1.17. The van der Waals surface area contributed by atoms with Gasteiger partial charge in [-0.25, -0.2) is 4.79 Å². The first kappa shape index (κ1) is 20.6. The molecule has 0 aliphatic carbocycles. The van der Waals surface area contributed by atoms with Crippen molar-refractivity contribution in [2.75, 3.05) is 7.11 Å². The second kappa shape index (κ2) is 7.91. The molecule has 0 unspecified atom stereocenters. The normalized spacial score (nSPS) is 11.4. The zero-order valence-corrected chi connectivity index (χ0v) is 15.5. The first-order chi connectivity index (χ1) is 13.0. The van der Waals surface area contributed by atoms with Gasteiger partial charge in [0.25, 0.3) is 0 Å². The molecule has 0 saturated carbocycles. The molecule has 0 atom stereocenters. The summed E-state index contributed by atoms with van der Waals surface area (Å²) in [5, 5.41) is 38.9. The fourth-order valence-corrected chi connectivity index (χ4v) is 2.34. The van der Waals surface area contributed by atoms with Crippen LogP contribution in [0.2, 0.25) is 0 Å². The molecule has 0 aliphatic rings. The SMILES string of the molecule is COC(=O)C(C)(C)Oc1cc(/C=C/C(=O)c2ccc(O)cc2O)cc(O)c1O. The topological polar surface area (TPSA) is 134 Å². The fraction of sp³-hybridized carbons (Fsp3) is 0.200. The highest BCUT2D eigenvalue weighted by molar-refractivity contribution is 6.08. The van der Waals surface area contributed by atoms with E-state index in [9.17, 15) is 30.0 Å². The van der Waals surface area contributed by atoms with Crippen molar-refractivity contribution in [2.24, 2.45) is 0 Å². The highest BCUT2D eigenvalue weighted by Gasteiger charge is 2.32. The summed E-state index contributed by atoms with van der Waals surface area (Å²) in [5.74, 6) is -3.08. The van der Waals surface area contributed by atoms with Gasteiger partial charge in [-0.2, -0.15) is 0 Å². The molecule has 0 aliphatic heterocycles. The minimum absolute atomic E-state index is 0.0275. The number of benzene rings is 2. The van der Waals surface area contributed by atoms with Crippen LogP contribution in [0.1, 0.15) is 29.8 Å². The van der Waals surface area contributed by atoms with Crippen LogP contribution in [0.3, 0.4) is 0 Å². The molecule has 148 valence electrons. The van der Waals surface area contributed by atoms with Crippen molar-refractivity contribution >= 4 is 17.8 Å². The van der Waals surface area contributed by atoms with Crippen molar-refractivity contribution in [1.82, 2.24) is 0 Å². The van der Waals surface area contributed by atoms with Gasteiger partial charge in [-0.15, -0.1) is 0 Å². The van der Waals surface area contributed by atoms with Gasteiger partial charge in [0.2, 0.25) is 5.75 Å². The number of aromatic hydroxyl groups is 4. The molecular weight excluding hydrogens is 368 g/mol. The van der Waals surface area contributed by atoms with E-state index in [1.165, 1.54) is 51.3 Å². The lowest BCUT2D eigenvalue weighted by Gasteiger charge is -2.24. The quantitative estimate of drug-likeness (QED) is 0.257. The number of hydrogen-bond acceptors (Lipinski definition) is 8. The number of rotatable bonds is 6. The summed E-state index contributed by atoms with van der Waals surface area (Å²) in [4.78, 5) is 24.0. The molecule has 0 heterocycles. The third-order valence-electron chi connectivity index (χ3n) is 3.79. The molecule has 0 saturated heterocycles. The molecule has 2 aromatic carbocycles. The first-order valence-corrected chi connectivity index (χ1v) is 8.13. The summed E-state index contributed by atoms with van der Waals surface area (Å²) in [6, 6.07) is 6.06. The summed E-state index contributed by atoms with van der Waals surface area (Å²) in [7, 11) is 1.19. The maximum Gasteiger partial charge on any atom is 0.349 e. The predicted molar refractivity (Wildman–Crippen MR) is 99.6 cm³/mol. The highest BCUT2D eigenvalue weighted by Crippen LogP contribution is 2.39. The van der Waals surface area contributed by atoms with Gasteiger partial charge in [-0.1, -0.05) is 6.08 Å². The maximum atomic E-state index is 12.2. The van der Waals surface area contributed by atoms with Crippen LogP contribution in [-0.4, -0.2) is 44.9 Å². The molecule has 0 fully saturated rings. The molecule has 4 N–H and O–H groups in total. The Labute approximate surface area is 160 Å². The number of methoxy groups -OCH3 is 1. The average molecular weight is 388 g/mol. The van der Waals surface area contributed by atoms with Gasteiger partial charge >= 0.3 is 5.97 Å². The van der Waals surface area contributed by atoms with Crippen molar-refractivity contribution in [3.63, 3.8) is 0 Å². The Hall–Kier alpha value is -3.68. The minimum atomic E-state index is -1.44. The number of hydrogen-bond donors (Lipinski definition) is 4. The van der Waals surface area contributed by atoms with E-state index in [0.717, 1.165) is 12.1 Å². The summed E-state index contributed by atoms with van der Waals surface area (Å²) >= 11 is 0. The molecule has 0 amide bonds. The Morgan fingerprint density at radius 2 is 1.68 bits per heavy atom. The van der Waals surface area contributed by atoms with E-state index in [2.05, 4.69) is 4.74 Å². The van der Waals surface area contributed by atoms with Crippen LogP contribution >= 0.6 is 0 Å². The molecule has 28 heavy (non-hydrogen) atoms.